The quantitative estimate of drug-likeness (QED) is 0.209. The summed E-state index contributed by atoms with van der Waals surface area (Å²) in [4.78, 5) is 14.2. The van der Waals surface area contributed by atoms with E-state index < -0.39 is 11.0 Å². The van der Waals surface area contributed by atoms with E-state index in [-0.39, 0.29) is 17.8 Å². The molecule has 1 aromatic carbocycles. The van der Waals surface area contributed by atoms with Crippen molar-refractivity contribution in [2.45, 2.75) is 30.6 Å². The predicted octanol–water partition coefficient (Wildman–Crippen LogP) is -0.340. The molecule has 0 bridgehead atoms. The Balaban J connectivity index is 2.28. The molecule has 1 unspecified atom stereocenters. The van der Waals surface area contributed by atoms with Crippen molar-refractivity contribution in [1.82, 2.24) is 15.8 Å². The molecule has 1 aliphatic heterocycles. The zero-order valence-corrected chi connectivity index (χ0v) is 15.0. The van der Waals surface area contributed by atoms with Gasteiger partial charge in [0.1, 0.15) is 11.0 Å². The molecule has 10 heteroatoms. The molecule has 8 N–H and O–H groups in total. The van der Waals surface area contributed by atoms with Crippen LogP contribution in [-0.4, -0.2) is 40.6 Å². The normalized spacial score (nSPS) is 17.2. The van der Waals surface area contributed by atoms with Crippen LogP contribution < -0.4 is 27.6 Å². The average molecular weight is 367 g/mol. The Bertz CT molecular complexity index is 672. The van der Waals surface area contributed by atoms with Crippen LogP contribution >= 0.6 is 0 Å². The van der Waals surface area contributed by atoms with Gasteiger partial charge >= 0.3 is 6.03 Å². The van der Waals surface area contributed by atoms with Gasteiger partial charge in [0.2, 0.25) is 0 Å². The number of hydrogen-bond acceptors (Lipinski definition) is 5. The number of piperidine rings is 1. The number of likely N-dealkylation sites (tertiary alicyclic amines) is 1. The minimum absolute atomic E-state index is 0.0496. The van der Waals surface area contributed by atoms with Crippen molar-refractivity contribution >= 4 is 22.9 Å². The van der Waals surface area contributed by atoms with Gasteiger partial charge in [-0.3, -0.25) is 0 Å². The topological polar surface area (TPSA) is 152 Å². The minimum atomic E-state index is -1.70. The molecule has 1 aliphatic rings. The summed E-state index contributed by atoms with van der Waals surface area (Å²) in [6, 6.07) is 5.35. The number of amidine groups is 1. The molecule has 1 heterocycles. The molecule has 0 radical (unpaired) electrons. The molecule has 0 saturated carbocycles. The molecular formula is C15H25N7O2S. The Morgan fingerprint density at radius 2 is 2.08 bits per heavy atom. The molecule has 1 saturated heterocycles. The van der Waals surface area contributed by atoms with Crippen molar-refractivity contribution in [1.29, 1.82) is 0 Å². The van der Waals surface area contributed by atoms with Crippen LogP contribution in [0.4, 0.5) is 4.79 Å². The van der Waals surface area contributed by atoms with Crippen LogP contribution in [0, 0.1) is 0 Å². The molecule has 25 heavy (non-hydrogen) atoms. The van der Waals surface area contributed by atoms with E-state index >= 15 is 0 Å². The zero-order valence-electron chi connectivity index (χ0n) is 14.2. The van der Waals surface area contributed by atoms with Crippen molar-refractivity contribution in [2.24, 2.45) is 21.8 Å². The van der Waals surface area contributed by atoms with Gasteiger partial charge in [-0.1, -0.05) is 12.1 Å². The standard InChI is InChI=1S/C15H25N7O2S/c1-2-19-15(23)22-8-6-10(7-9-22)11-4-3-5-12(25(18)24)13(11)14(16)20-21-17/h3-5,10,21H,2,6-9,17-18H2,1H3,(H2,16,20)(H,19,23). The first-order chi connectivity index (χ1) is 12.0. The van der Waals surface area contributed by atoms with Gasteiger partial charge in [-0.2, -0.15) is 0 Å². The van der Waals surface area contributed by atoms with Crippen LogP contribution in [0.15, 0.2) is 28.2 Å². The fourth-order valence-electron chi connectivity index (χ4n) is 3.11. The lowest BCUT2D eigenvalue weighted by molar-refractivity contribution is 0.182. The lowest BCUT2D eigenvalue weighted by Gasteiger charge is -2.33. The second-order valence-corrected chi connectivity index (χ2v) is 6.78. The number of nitrogens with one attached hydrogen (secondary N) is 2. The third-order valence-electron chi connectivity index (χ3n) is 4.27. The van der Waals surface area contributed by atoms with Crippen LogP contribution in [0.1, 0.15) is 36.8 Å². The van der Waals surface area contributed by atoms with Gasteiger partial charge in [0.15, 0.2) is 5.84 Å². The summed E-state index contributed by atoms with van der Waals surface area (Å²) >= 11 is 0. The van der Waals surface area contributed by atoms with Gasteiger partial charge in [0.25, 0.3) is 0 Å². The zero-order chi connectivity index (χ0) is 18.4. The number of hydrogen-bond donors (Lipinski definition) is 5. The molecule has 2 rings (SSSR count). The van der Waals surface area contributed by atoms with E-state index in [4.69, 9.17) is 16.7 Å². The second kappa shape index (κ2) is 8.79. The molecule has 0 aromatic heterocycles. The Kier molecular flexibility index (Phi) is 6.73. The smallest absolute Gasteiger partial charge is 0.317 e. The number of urea groups is 1. The van der Waals surface area contributed by atoms with Crippen molar-refractivity contribution in [3.8, 4) is 0 Å². The number of carbonyl (C=O) groups excluding carboxylic acids is 1. The number of carbonyl (C=O) groups is 1. The van der Waals surface area contributed by atoms with Crippen LogP contribution in [-0.2, 0) is 11.0 Å². The number of hydrazone groups is 1. The van der Waals surface area contributed by atoms with E-state index in [1.807, 2.05) is 13.0 Å². The first-order valence-corrected chi connectivity index (χ1v) is 9.31. The highest BCUT2D eigenvalue weighted by Crippen LogP contribution is 2.32. The first kappa shape index (κ1) is 19.2. The third-order valence-corrected chi connectivity index (χ3v) is 5.04. The van der Waals surface area contributed by atoms with Crippen LogP contribution in [0.25, 0.3) is 0 Å². The third kappa shape index (κ3) is 4.47. The monoisotopic (exact) mass is 367 g/mol. The summed E-state index contributed by atoms with van der Waals surface area (Å²) in [5.41, 5.74) is 9.64. The van der Waals surface area contributed by atoms with E-state index in [1.54, 1.807) is 17.0 Å². The molecular weight excluding hydrogens is 342 g/mol. The van der Waals surface area contributed by atoms with E-state index in [0.717, 1.165) is 18.4 Å². The van der Waals surface area contributed by atoms with E-state index in [9.17, 15) is 9.00 Å². The van der Waals surface area contributed by atoms with E-state index in [0.29, 0.717) is 30.1 Å². The molecule has 2 amide bonds. The number of rotatable bonds is 5. The summed E-state index contributed by atoms with van der Waals surface area (Å²) in [5, 5.41) is 12.2. The second-order valence-electron chi connectivity index (χ2n) is 5.74. The Morgan fingerprint density at radius 3 is 2.64 bits per heavy atom. The molecule has 0 aliphatic carbocycles. The maximum absolute atomic E-state index is 11.9. The predicted molar refractivity (Wildman–Crippen MR) is 97.7 cm³/mol. The Hall–Kier alpha value is -2.17. The van der Waals surface area contributed by atoms with Gasteiger partial charge in [-0.25, -0.2) is 25.5 Å². The van der Waals surface area contributed by atoms with Crippen molar-refractivity contribution in [2.75, 3.05) is 19.6 Å². The van der Waals surface area contributed by atoms with E-state index in [2.05, 4.69) is 16.0 Å². The molecule has 138 valence electrons. The fraction of sp³-hybridized carbons (Fsp3) is 0.467. The van der Waals surface area contributed by atoms with Gasteiger partial charge in [-0.05, 0) is 37.3 Å². The average Bonchev–Trinajstić information content (AvgIpc) is 2.61. The number of benzene rings is 1. The summed E-state index contributed by atoms with van der Waals surface area (Å²) in [6.45, 7) is 3.77. The molecule has 1 aromatic rings. The highest BCUT2D eigenvalue weighted by Gasteiger charge is 2.27. The Morgan fingerprint density at radius 1 is 1.40 bits per heavy atom. The number of hydrazine groups is 1. The van der Waals surface area contributed by atoms with Gasteiger partial charge in [0.05, 0.1) is 4.90 Å². The summed E-state index contributed by atoms with van der Waals surface area (Å²) in [6.07, 6.45) is 1.54. The van der Waals surface area contributed by atoms with Gasteiger partial charge in [-0.15, -0.1) is 5.10 Å². The molecule has 1 atom stereocenters. The van der Waals surface area contributed by atoms with Crippen LogP contribution in [0.5, 0.6) is 0 Å². The van der Waals surface area contributed by atoms with Crippen LogP contribution in [0.2, 0.25) is 0 Å². The van der Waals surface area contributed by atoms with Crippen LogP contribution in [0.3, 0.4) is 0 Å². The molecule has 9 nitrogen and oxygen atoms in total. The molecule has 1 fully saturated rings. The van der Waals surface area contributed by atoms with E-state index in [1.165, 1.54) is 0 Å². The summed E-state index contributed by atoms with van der Waals surface area (Å²) in [7, 11) is -1.70. The number of amides is 2. The minimum Gasteiger partial charge on any atom is -0.382 e. The van der Waals surface area contributed by atoms with Crippen molar-refractivity contribution < 1.29 is 9.00 Å². The van der Waals surface area contributed by atoms with Gasteiger partial charge in [0, 0.05) is 25.2 Å². The molecule has 0 spiro atoms. The maximum atomic E-state index is 11.9. The largest absolute Gasteiger partial charge is 0.382 e. The fourth-order valence-corrected chi connectivity index (χ4v) is 3.75. The van der Waals surface area contributed by atoms with Gasteiger partial charge < -0.3 is 16.0 Å². The SMILES string of the molecule is CCNC(=O)N1CCC(c2cccc(S(N)=O)c2/C(N)=N/NN)CC1. The first-order valence-electron chi connectivity index (χ1n) is 8.10. The maximum Gasteiger partial charge on any atom is 0.317 e. The van der Waals surface area contributed by atoms with Crippen molar-refractivity contribution in [3.63, 3.8) is 0 Å². The number of nitrogens with zero attached hydrogens (tertiary/aromatic N) is 2. The highest BCUT2D eigenvalue weighted by atomic mass is 32.2. The lowest BCUT2D eigenvalue weighted by atomic mass is 9.86. The Labute approximate surface area is 149 Å². The summed E-state index contributed by atoms with van der Waals surface area (Å²) < 4.78 is 11.9. The highest BCUT2D eigenvalue weighted by molar-refractivity contribution is 7.82. The number of nitrogens with two attached hydrogens (primary N) is 3. The lowest BCUT2D eigenvalue weighted by Crippen LogP contribution is -2.44. The summed E-state index contributed by atoms with van der Waals surface area (Å²) in [5.74, 6) is 5.53. The van der Waals surface area contributed by atoms with Crippen molar-refractivity contribution in [3.05, 3.63) is 29.3 Å².